The topological polar surface area (TPSA) is 102 Å². The molecular formula is C17H19N5O3. The van der Waals surface area contributed by atoms with E-state index in [9.17, 15) is 9.59 Å². The number of aromatic nitrogens is 4. The summed E-state index contributed by atoms with van der Waals surface area (Å²) in [7, 11) is 0. The Hall–Kier alpha value is -3.16. The number of para-hydroxylation sites is 1. The third-order valence-electron chi connectivity index (χ3n) is 3.50. The van der Waals surface area contributed by atoms with Gasteiger partial charge in [0.1, 0.15) is 5.75 Å². The Morgan fingerprint density at radius 3 is 2.68 bits per heavy atom. The summed E-state index contributed by atoms with van der Waals surface area (Å²) < 4.78 is 7.16. The van der Waals surface area contributed by atoms with Gasteiger partial charge in [-0.15, -0.1) is 0 Å². The van der Waals surface area contributed by atoms with Crippen LogP contribution in [-0.4, -0.2) is 32.0 Å². The highest BCUT2D eigenvalue weighted by molar-refractivity contribution is 5.90. The second-order valence-corrected chi connectivity index (χ2v) is 6.52. The fourth-order valence-electron chi connectivity index (χ4n) is 2.29. The van der Waals surface area contributed by atoms with Crippen LogP contribution in [0.1, 0.15) is 20.8 Å². The molecule has 3 aromatic rings. The van der Waals surface area contributed by atoms with Crippen molar-refractivity contribution in [3.8, 4) is 5.75 Å². The third kappa shape index (κ3) is 3.68. The molecule has 0 aliphatic carbocycles. The van der Waals surface area contributed by atoms with Gasteiger partial charge in [-0.05, 0) is 32.9 Å². The lowest BCUT2D eigenvalue weighted by molar-refractivity contribution is -0.118. The highest BCUT2D eigenvalue weighted by Crippen LogP contribution is 2.19. The monoisotopic (exact) mass is 341 g/mol. The van der Waals surface area contributed by atoms with Crippen molar-refractivity contribution in [3.05, 3.63) is 47.0 Å². The molecule has 0 radical (unpaired) electrons. The van der Waals surface area contributed by atoms with Gasteiger partial charge < -0.3 is 9.30 Å². The molecule has 3 rings (SSSR count). The molecule has 0 fully saturated rings. The van der Waals surface area contributed by atoms with E-state index < -0.39 is 11.5 Å². The Bertz CT molecular complexity index is 954. The van der Waals surface area contributed by atoms with Crippen molar-refractivity contribution in [2.75, 3.05) is 11.9 Å². The average Bonchev–Trinajstić information content (AvgIpc) is 2.98. The van der Waals surface area contributed by atoms with Crippen LogP contribution < -0.4 is 15.6 Å². The molecule has 0 spiro atoms. The standard InChI is InChI=1S/C17H19N5O3/c1-17(2,3)22-10-18-13-14(22)20-16(21-15(13)24)19-12(23)9-25-11-7-5-4-6-8-11/h4-8,10H,9H2,1-3H3,(H2,19,20,21,23,24). The molecule has 0 saturated carbocycles. The number of carbonyl (C=O) groups excluding carboxylic acids is 1. The van der Waals surface area contributed by atoms with E-state index in [1.54, 1.807) is 23.0 Å². The summed E-state index contributed by atoms with van der Waals surface area (Å²) in [5.41, 5.74) is -0.0657. The van der Waals surface area contributed by atoms with E-state index in [-0.39, 0.29) is 23.6 Å². The maximum absolute atomic E-state index is 12.1. The number of anilines is 1. The lowest BCUT2D eigenvalue weighted by Gasteiger charge is -2.20. The molecule has 0 unspecified atom stereocenters. The predicted octanol–water partition coefficient (Wildman–Crippen LogP) is 1.89. The summed E-state index contributed by atoms with van der Waals surface area (Å²) in [4.78, 5) is 35.1. The van der Waals surface area contributed by atoms with Crippen molar-refractivity contribution >= 4 is 23.0 Å². The average molecular weight is 341 g/mol. The van der Waals surface area contributed by atoms with Gasteiger partial charge in [-0.1, -0.05) is 18.2 Å². The molecule has 130 valence electrons. The van der Waals surface area contributed by atoms with Crippen molar-refractivity contribution in [1.82, 2.24) is 19.5 Å². The lowest BCUT2D eigenvalue weighted by atomic mass is 10.1. The van der Waals surface area contributed by atoms with Gasteiger partial charge in [-0.2, -0.15) is 4.98 Å². The molecule has 2 N–H and O–H groups in total. The lowest BCUT2D eigenvalue weighted by Crippen LogP contribution is -2.25. The molecule has 0 saturated heterocycles. The quantitative estimate of drug-likeness (QED) is 0.754. The van der Waals surface area contributed by atoms with E-state index in [0.717, 1.165) is 0 Å². The molecule has 1 amide bonds. The molecule has 25 heavy (non-hydrogen) atoms. The third-order valence-corrected chi connectivity index (χ3v) is 3.50. The smallest absolute Gasteiger partial charge is 0.280 e. The van der Waals surface area contributed by atoms with E-state index in [0.29, 0.717) is 11.4 Å². The highest BCUT2D eigenvalue weighted by atomic mass is 16.5. The molecule has 2 aromatic heterocycles. The number of benzene rings is 1. The van der Waals surface area contributed by atoms with Gasteiger partial charge in [-0.3, -0.25) is 19.9 Å². The summed E-state index contributed by atoms with van der Waals surface area (Å²) in [6, 6.07) is 8.99. The fourth-order valence-corrected chi connectivity index (χ4v) is 2.29. The SMILES string of the molecule is CC(C)(C)n1cnc2c(=O)[nH]c(NC(=O)COc3ccccc3)nc21. The zero-order valence-electron chi connectivity index (χ0n) is 14.2. The number of imidazole rings is 1. The number of amides is 1. The Balaban J connectivity index is 1.79. The van der Waals surface area contributed by atoms with Gasteiger partial charge in [0.05, 0.1) is 6.33 Å². The number of nitrogens with one attached hydrogen (secondary N) is 2. The van der Waals surface area contributed by atoms with Crippen molar-refractivity contribution < 1.29 is 9.53 Å². The van der Waals surface area contributed by atoms with Crippen LogP contribution >= 0.6 is 0 Å². The first kappa shape index (κ1) is 16.7. The van der Waals surface area contributed by atoms with Crippen molar-refractivity contribution in [3.63, 3.8) is 0 Å². The van der Waals surface area contributed by atoms with Gasteiger partial charge in [0.15, 0.2) is 17.8 Å². The van der Waals surface area contributed by atoms with E-state index in [1.807, 2.05) is 39.0 Å². The van der Waals surface area contributed by atoms with Gasteiger partial charge in [0.25, 0.3) is 11.5 Å². The molecule has 1 aromatic carbocycles. The van der Waals surface area contributed by atoms with Crippen LogP contribution in [0.3, 0.4) is 0 Å². The van der Waals surface area contributed by atoms with E-state index in [2.05, 4.69) is 20.3 Å². The minimum absolute atomic E-state index is 0.0603. The van der Waals surface area contributed by atoms with E-state index in [4.69, 9.17) is 4.74 Å². The summed E-state index contributed by atoms with van der Waals surface area (Å²) in [6.45, 7) is 5.74. The van der Waals surface area contributed by atoms with Gasteiger partial charge >= 0.3 is 0 Å². The Morgan fingerprint density at radius 2 is 2.00 bits per heavy atom. The highest BCUT2D eigenvalue weighted by Gasteiger charge is 2.19. The second kappa shape index (κ2) is 6.39. The maximum Gasteiger partial charge on any atom is 0.280 e. The van der Waals surface area contributed by atoms with Crippen LogP contribution in [0.15, 0.2) is 41.5 Å². The van der Waals surface area contributed by atoms with Crippen LogP contribution in [-0.2, 0) is 10.3 Å². The summed E-state index contributed by atoms with van der Waals surface area (Å²) >= 11 is 0. The van der Waals surface area contributed by atoms with E-state index >= 15 is 0 Å². The number of fused-ring (bicyclic) bond motifs is 1. The summed E-state index contributed by atoms with van der Waals surface area (Å²) in [6.07, 6.45) is 1.57. The van der Waals surface area contributed by atoms with Gasteiger partial charge in [0.2, 0.25) is 5.95 Å². The van der Waals surface area contributed by atoms with Gasteiger partial charge in [0, 0.05) is 5.54 Å². The zero-order valence-corrected chi connectivity index (χ0v) is 14.2. The molecule has 8 heteroatoms. The number of aromatic amines is 1. The normalized spacial score (nSPS) is 11.5. The van der Waals surface area contributed by atoms with Crippen LogP contribution in [0.2, 0.25) is 0 Å². The maximum atomic E-state index is 12.1. The van der Waals surface area contributed by atoms with Gasteiger partial charge in [-0.25, -0.2) is 4.98 Å². The molecular weight excluding hydrogens is 322 g/mol. The number of hydrogen-bond acceptors (Lipinski definition) is 5. The van der Waals surface area contributed by atoms with Crippen molar-refractivity contribution in [1.29, 1.82) is 0 Å². The Labute approximate surface area is 143 Å². The number of H-pyrrole nitrogens is 1. The van der Waals surface area contributed by atoms with Crippen LogP contribution in [0, 0.1) is 0 Å². The molecule has 2 heterocycles. The zero-order chi connectivity index (χ0) is 18.0. The first-order chi connectivity index (χ1) is 11.8. The molecule has 0 bridgehead atoms. The second-order valence-electron chi connectivity index (χ2n) is 6.52. The predicted molar refractivity (Wildman–Crippen MR) is 93.7 cm³/mol. The molecule has 0 aliphatic heterocycles. The van der Waals surface area contributed by atoms with E-state index in [1.165, 1.54) is 0 Å². The number of nitrogens with zero attached hydrogens (tertiary/aromatic N) is 3. The number of ether oxygens (including phenoxy) is 1. The minimum atomic E-state index is -0.423. The molecule has 0 aliphatic rings. The first-order valence-electron chi connectivity index (χ1n) is 7.80. The van der Waals surface area contributed by atoms with Crippen LogP contribution in [0.4, 0.5) is 5.95 Å². The molecule has 8 nitrogen and oxygen atoms in total. The Kier molecular flexibility index (Phi) is 4.26. The van der Waals surface area contributed by atoms with Crippen molar-refractivity contribution in [2.45, 2.75) is 26.3 Å². The van der Waals surface area contributed by atoms with Crippen LogP contribution in [0.5, 0.6) is 5.75 Å². The Morgan fingerprint density at radius 1 is 1.28 bits per heavy atom. The minimum Gasteiger partial charge on any atom is -0.484 e. The molecule has 0 atom stereocenters. The van der Waals surface area contributed by atoms with Crippen LogP contribution in [0.25, 0.3) is 11.2 Å². The van der Waals surface area contributed by atoms with Crippen molar-refractivity contribution in [2.24, 2.45) is 0 Å². The summed E-state index contributed by atoms with van der Waals surface area (Å²) in [5.74, 6) is 0.221. The fraction of sp³-hybridized carbons (Fsp3) is 0.294. The number of hydrogen-bond donors (Lipinski definition) is 2. The number of carbonyl (C=O) groups is 1. The number of rotatable bonds is 4. The largest absolute Gasteiger partial charge is 0.484 e. The first-order valence-corrected chi connectivity index (χ1v) is 7.80. The summed E-state index contributed by atoms with van der Waals surface area (Å²) in [5, 5.41) is 2.54.